The zero-order valence-electron chi connectivity index (χ0n) is 13.1. The van der Waals surface area contributed by atoms with Crippen LogP contribution in [0.3, 0.4) is 0 Å². The molecule has 2 saturated heterocycles. The molecule has 3 rings (SSSR count). The van der Waals surface area contributed by atoms with Crippen molar-refractivity contribution in [1.29, 1.82) is 0 Å². The van der Waals surface area contributed by atoms with Crippen molar-refractivity contribution in [2.75, 3.05) is 31.1 Å². The average molecular weight is 304 g/mol. The van der Waals surface area contributed by atoms with E-state index < -0.39 is 0 Å². The van der Waals surface area contributed by atoms with Gasteiger partial charge in [-0.05, 0) is 44.7 Å². The number of aliphatic hydroxyl groups excluding tert-OH is 1. The first-order valence-corrected chi connectivity index (χ1v) is 8.15. The van der Waals surface area contributed by atoms with E-state index in [4.69, 9.17) is 0 Å². The Morgan fingerprint density at radius 1 is 1.09 bits per heavy atom. The molecule has 22 heavy (non-hydrogen) atoms. The average Bonchev–Trinajstić information content (AvgIpc) is 2.56. The number of aromatic nitrogens is 2. The highest BCUT2D eigenvalue weighted by atomic mass is 16.3. The zero-order chi connectivity index (χ0) is 15.5. The molecular formula is C16H24N4O2. The van der Waals surface area contributed by atoms with Gasteiger partial charge in [-0.3, -0.25) is 4.79 Å². The van der Waals surface area contributed by atoms with E-state index in [0.717, 1.165) is 37.4 Å². The molecule has 6 nitrogen and oxygen atoms in total. The van der Waals surface area contributed by atoms with Crippen molar-refractivity contribution < 1.29 is 9.90 Å². The molecule has 120 valence electrons. The predicted molar refractivity (Wildman–Crippen MR) is 83.5 cm³/mol. The molecule has 6 heteroatoms. The normalized spacial score (nSPS) is 21.2. The number of nitrogens with zero attached hydrogens (tertiary/aromatic N) is 4. The van der Waals surface area contributed by atoms with Gasteiger partial charge in [0, 0.05) is 32.1 Å². The molecule has 1 amide bonds. The number of likely N-dealkylation sites (tertiary alicyclic amines) is 1. The molecule has 0 unspecified atom stereocenters. The molecule has 0 bridgehead atoms. The Morgan fingerprint density at radius 2 is 1.77 bits per heavy atom. The van der Waals surface area contributed by atoms with Crippen LogP contribution < -0.4 is 4.90 Å². The van der Waals surface area contributed by atoms with Crippen LogP contribution in [0.15, 0.2) is 12.1 Å². The van der Waals surface area contributed by atoms with Gasteiger partial charge in [-0.25, -0.2) is 0 Å². The number of rotatable bonds is 2. The van der Waals surface area contributed by atoms with Crippen LogP contribution >= 0.6 is 0 Å². The van der Waals surface area contributed by atoms with Gasteiger partial charge in [0.1, 0.15) is 0 Å². The largest absolute Gasteiger partial charge is 0.393 e. The summed E-state index contributed by atoms with van der Waals surface area (Å²) in [6, 6.07) is 3.97. The fourth-order valence-electron chi connectivity index (χ4n) is 3.26. The van der Waals surface area contributed by atoms with Crippen molar-refractivity contribution in [3.63, 3.8) is 0 Å². The number of carbonyl (C=O) groups excluding carboxylic acids is 1. The zero-order valence-corrected chi connectivity index (χ0v) is 13.1. The van der Waals surface area contributed by atoms with Crippen LogP contribution in [0.2, 0.25) is 0 Å². The monoisotopic (exact) mass is 304 g/mol. The minimum Gasteiger partial charge on any atom is -0.393 e. The lowest BCUT2D eigenvalue weighted by molar-refractivity contribution is -0.138. The molecule has 1 aromatic rings. The second kappa shape index (κ2) is 6.60. The van der Waals surface area contributed by atoms with Crippen LogP contribution in [-0.4, -0.2) is 58.4 Å². The van der Waals surface area contributed by atoms with Crippen LogP contribution in [0.25, 0.3) is 0 Å². The number of anilines is 1. The standard InChI is InChI=1S/C16H24N4O2/c1-12-2-3-15(18-17-12)19-8-4-13(5-9-19)16(22)20-10-6-14(21)7-11-20/h2-3,13-14,21H,4-11H2,1H3. The first kappa shape index (κ1) is 15.2. The molecule has 0 radical (unpaired) electrons. The maximum atomic E-state index is 12.5. The number of hydrogen-bond acceptors (Lipinski definition) is 5. The van der Waals surface area contributed by atoms with E-state index in [1.807, 2.05) is 24.0 Å². The summed E-state index contributed by atoms with van der Waals surface area (Å²) in [5, 5.41) is 17.9. The van der Waals surface area contributed by atoms with E-state index in [2.05, 4.69) is 15.1 Å². The third-order valence-corrected chi connectivity index (χ3v) is 4.73. The number of piperidine rings is 2. The quantitative estimate of drug-likeness (QED) is 0.882. The lowest BCUT2D eigenvalue weighted by atomic mass is 9.94. The van der Waals surface area contributed by atoms with Crippen molar-refractivity contribution in [2.45, 2.75) is 38.7 Å². The molecule has 0 aromatic carbocycles. The van der Waals surface area contributed by atoms with Crippen molar-refractivity contribution >= 4 is 11.7 Å². The van der Waals surface area contributed by atoms with Crippen molar-refractivity contribution in [2.24, 2.45) is 5.92 Å². The topological polar surface area (TPSA) is 69.6 Å². The van der Waals surface area contributed by atoms with Crippen LogP contribution in [0.1, 0.15) is 31.4 Å². The molecule has 1 N–H and O–H groups in total. The molecule has 0 saturated carbocycles. The van der Waals surface area contributed by atoms with Gasteiger partial charge in [0.05, 0.1) is 11.8 Å². The molecule has 1 aromatic heterocycles. The SMILES string of the molecule is Cc1ccc(N2CCC(C(=O)N3CCC(O)CC3)CC2)nn1. The van der Waals surface area contributed by atoms with Gasteiger partial charge >= 0.3 is 0 Å². The summed E-state index contributed by atoms with van der Waals surface area (Å²) >= 11 is 0. The maximum absolute atomic E-state index is 12.5. The molecule has 0 aliphatic carbocycles. The summed E-state index contributed by atoms with van der Waals surface area (Å²) < 4.78 is 0. The summed E-state index contributed by atoms with van der Waals surface area (Å²) in [6.07, 6.45) is 2.93. The Hall–Kier alpha value is -1.69. The highest BCUT2D eigenvalue weighted by Crippen LogP contribution is 2.24. The van der Waals surface area contributed by atoms with Crippen molar-refractivity contribution in [3.05, 3.63) is 17.8 Å². The lowest BCUT2D eigenvalue weighted by Crippen LogP contribution is -2.46. The summed E-state index contributed by atoms with van der Waals surface area (Å²) in [5.74, 6) is 1.28. The van der Waals surface area contributed by atoms with Gasteiger partial charge in [-0.2, -0.15) is 5.10 Å². The summed E-state index contributed by atoms with van der Waals surface area (Å²) in [4.78, 5) is 16.7. The fourth-order valence-corrected chi connectivity index (χ4v) is 3.26. The maximum Gasteiger partial charge on any atom is 0.225 e. The third kappa shape index (κ3) is 3.38. The summed E-state index contributed by atoms with van der Waals surface area (Å²) in [7, 11) is 0. The number of hydrogen-bond donors (Lipinski definition) is 1. The third-order valence-electron chi connectivity index (χ3n) is 4.73. The lowest BCUT2D eigenvalue weighted by Gasteiger charge is -2.36. The van der Waals surface area contributed by atoms with Gasteiger partial charge in [-0.1, -0.05) is 0 Å². The van der Waals surface area contributed by atoms with E-state index in [1.54, 1.807) is 0 Å². The second-order valence-corrected chi connectivity index (χ2v) is 6.35. The molecule has 0 atom stereocenters. The Morgan fingerprint density at radius 3 is 2.36 bits per heavy atom. The van der Waals surface area contributed by atoms with Crippen molar-refractivity contribution in [1.82, 2.24) is 15.1 Å². The van der Waals surface area contributed by atoms with Crippen LogP contribution in [0.5, 0.6) is 0 Å². The van der Waals surface area contributed by atoms with E-state index in [-0.39, 0.29) is 17.9 Å². The van der Waals surface area contributed by atoms with Gasteiger partial charge in [0.15, 0.2) is 5.82 Å². The van der Waals surface area contributed by atoms with Crippen molar-refractivity contribution in [3.8, 4) is 0 Å². The summed E-state index contributed by atoms with van der Waals surface area (Å²) in [6.45, 7) is 5.03. The Balaban J connectivity index is 1.53. The van der Waals surface area contributed by atoms with Crippen LogP contribution in [0.4, 0.5) is 5.82 Å². The Labute approximate surface area is 131 Å². The van der Waals surface area contributed by atoms with Gasteiger partial charge < -0.3 is 14.9 Å². The molecule has 2 aliphatic heterocycles. The van der Waals surface area contributed by atoms with Crippen LogP contribution in [-0.2, 0) is 4.79 Å². The highest BCUT2D eigenvalue weighted by Gasteiger charge is 2.30. The molecule has 2 fully saturated rings. The van der Waals surface area contributed by atoms with Crippen LogP contribution in [0, 0.1) is 12.8 Å². The summed E-state index contributed by atoms with van der Waals surface area (Å²) in [5.41, 5.74) is 0.918. The first-order chi connectivity index (χ1) is 10.6. The number of aryl methyl sites for hydroxylation is 1. The Kier molecular flexibility index (Phi) is 4.57. The second-order valence-electron chi connectivity index (χ2n) is 6.35. The smallest absolute Gasteiger partial charge is 0.225 e. The number of amides is 1. The fraction of sp³-hybridized carbons (Fsp3) is 0.688. The van der Waals surface area contributed by atoms with E-state index in [9.17, 15) is 9.90 Å². The Bertz CT molecular complexity index is 503. The van der Waals surface area contributed by atoms with E-state index in [1.165, 1.54) is 0 Å². The highest BCUT2D eigenvalue weighted by molar-refractivity contribution is 5.79. The predicted octanol–water partition coefficient (Wildman–Crippen LogP) is 0.985. The van der Waals surface area contributed by atoms with E-state index >= 15 is 0 Å². The first-order valence-electron chi connectivity index (χ1n) is 8.15. The molecular weight excluding hydrogens is 280 g/mol. The van der Waals surface area contributed by atoms with E-state index in [0.29, 0.717) is 25.9 Å². The molecule has 2 aliphatic rings. The number of aliphatic hydroxyl groups is 1. The molecule has 0 spiro atoms. The number of carbonyl (C=O) groups is 1. The minimum atomic E-state index is -0.231. The van der Waals surface area contributed by atoms with Gasteiger partial charge in [0.25, 0.3) is 0 Å². The molecule has 3 heterocycles. The minimum absolute atomic E-state index is 0.116. The van der Waals surface area contributed by atoms with Gasteiger partial charge in [0.2, 0.25) is 5.91 Å². The van der Waals surface area contributed by atoms with Gasteiger partial charge in [-0.15, -0.1) is 5.10 Å².